The van der Waals surface area contributed by atoms with Crippen molar-refractivity contribution >= 4 is 17.7 Å². The van der Waals surface area contributed by atoms with Crippen LogP contribution in [0.25, 0.3) is 0 Å². The van der Waals surface area contributed by atoms with Gasteiger partial charge in [0, 0.05) is 23.5 Å². The van der Waals surface area contributed by atoms with E-state index in [0.29, 0.717) is 18.4 Å². The molecule has 2 aromatic rings. The maximum absolute atomic E-state index is 13.0. The Balaban J connectivity index is 1.47. The molecule has 6 nitrogen and oxygen atoms in total. The van der Waals surface area contributed by atoms with Gasteiger partial charge in [-0.25, -0.2) is 4.79 Å². The highest BCUT2D eigenvalue weighted by molar-refractivity contribution is 6.11. The zero-order valence-corrected chi connectivity index (χ0v) is 17.7. The number of ketones is 1. The number of imide groups is 1. The SMILES string of the molecule is Cc1cc(C(=O)CN2C(=O)NC3(CCCCC3)C2=O)c(C)n1CCc1ccccc1. The van der Waals surface area contributed by atoms with Gasteiger partial charge in [0.05, 0.1) is 6.54 Å². The van der Waals surface area contributed by atoms with Gasteiger partial charge >= 0.3 is 6.03 Å². The van der Waals surface area contributed by atoms with Crippen molar-refractivity contribution in [3.8, 4) is 0 Å². The molecule has 1 N–H and O–H groups in total. The second-order valence-corrected chi connectivity index (χ2v) is 8.56. The Labute approximate surface area is 177 Å². The number of urea groups is 1. The van der Waals surface area contributed by atoms with E-state index in [2.05, 4.69) is 22.0 Å². The van der Waals surface area contributed by atoms with Gasteiger partial charge in [0.1, 0.15) is 5.54 Å². The van der Waals surface area contributed by atoms with E-state index >= 15 is 0 Å². The minimum Gasteiger partial charge on any atom is -0.348 e. The number of amides is 3. The predicted octanol–water partition coefficient (Wildman–Crippen LogP) is 3.79. The summed E-state index contributed by atoms with van der Waals surface area (Å²) in [4.78, 5) is 39.6. The number of hydrogen-bond donors (Lipinski definition) is 1. The fourth-order valence-electron chi connectivity index (χ4n) is 4.86. The fourth-order valence-corrected chi connectivity index (χ4v) is 4.86. The molecule has 2 heterocycles. The molecule has 1 saturated heterocycles. The van der Waals surface area contributed by atoms with Gasteiger partial charge in [0.2, 0.25) is 0 Å². The summed E-state index contributed by atoms with van der Waals surface area (Å²) in [5.41, 5.74) is 2.93. The average Bonchev–Trinajstić information content (AvgIpc) is 3.15. The largest absolute Gasteiger partial charge is 0.348 e. The van der Waals surface area contributed by atoms with E-state index in [1.807, 2.05) is 38.1 Å². The first-order valence-electron chi connectivity index (χ1n) is 10.8. The first-order valence-corrected chi connectivity index (χ1v) is 10.8. The molecule has 0 unspecified atom stereocenters. The summed E-state index contributed by atoms with van der Waals surface area (Å²) in [5.74, 6) is -0.427. The van der Waals surface area contributed by atoms with Gasteiger partial charge < -0.3 is 9.88 Å². The molecule has 1 aliphatic carbocycles. The summed E-state index contributed by atoms with van der Waals surface area (Å²) in [6, 6.07) is 11.7. The third kappa shape index (κ3) is 3.66. The summed E-state index contributed by atoms with van der Waals surface area (Å²) < 4.78 is 2.13. The lowest BCUT2D eigenvalue weighted by Gasteiger charge is -2.30. The number of rotatable bonds is 6. The van der Waals surface area contributed by atoms with Crippen LogP contribution in [0.15, 0.2) is 36.4 Å². The normalized spacial score (nSPS) is 18.1. The Morgan fingerprint density at radius 1 is 1.07 bits per heavy atom. The van der Waals surface area contributed by atoms with Gasteiger partial charge in [0.15, 0.2) is 5.78 Å². The molecular formula is C24H29N3O3. The van der Waals surface area contributed by atoms with Crippen molar-refractivity contribution in [2.45, 2.75) is 64.5 Å². The zero-order chi connectivity index (χ0) is 21.3. The van der Waals surface area contributed by atoms with E-state index in [9.17, 15) is 14.4 Å². The molecule has 2 aliphatic rings. The van der Waals surface area contributed by atoms with Crippen LogP contribution in [0.4, 0.5) is 4.79 Å². The van der Waals surface area contributed by atoms with Crippen molar-refractivity contribution in [3.05, 3.63) is 58.9 Å². The number of nitrogens with one attached hydrogen (secondary N) is 1. The van der Waals surface area contributed by atoms with Crippen molar-refractivity contribution < 1.29 is 14.4 Å². The molecule has 0 bridgehead atoms. The van der Waals surface area contributed by atoms with E-state index < -0.39 is 11.6 Å². The maximum atomic E-state index is 13.0. The number of carbonyl (C=O) groups is 3. The average molecular weight is 408 g/mol. The van der Waals surface area contributed by atoms with E-state index in [1.165, 1.54) is 5.56 Å². The Hall–Kier alpha value is -2.89. The first kappa shape index (κ1) is 20.4. The number of hydrogen-bond acceptors (Lipinski definition) is 3. The molecule has 0 atom stereocenters. The van der Waals surface area contributed by atoms with Gasteiger partial charge in [-0.2, -0.15) is 0 Å². The lowest BCUT2D eigenvalue weighted by Crippen LogP contribution is -2.48. The minimum absolute atomic E-state index is 0.189. The highest BCUT2D eigenvalue weighted by Gasteiger charge is 2.51. The fraction of sp³-hybridized carbons (Fsp3) is 0.458. The third-order valence-corrected chi connectivity index (χ3v) is 6.60. The van der Waals surface area contributed by atoms with Crippen molar-refractivity contribution in [1.82, 2.24) is 14.8 Å². The monoisotopic (exact) mass is 407 g/mol. The van der Waals surface area contributed by atoms with Crippen LogP contribution >= 0.6 is 0 Å². The zero-order valence-electron chi connectivity index (χ0n) is 17.7. The van der Waals surface area contributed by atoms with Crippen LogP contribution in [0.5, 0.6) is 0 Å². The number of nitrogens with zero attached hydrogens (tertiary/aromatic N) is 2. The molecule has 1 spiro atoms. The molecule has 6 heteroatoms. The van der Waals surface area contributed by atoms with Gasteiger partial charge in [-0.05, 0) is 44.7 Å². The molecule has 1 aromatic heterocycles. The summed E-state index contributed by atoms with van der Waals surface area (Å²) in [6.45, 7) is 4.50. The minimum atomic E-state index is -0.789. The standard InChI is InChI=1S/C24H29N3O3/c1-17-15-20(18(2)26(17)14-11-19-9-5-3-6-10-19)21(28)16-27-22(29)24(25-23(27)30)12-7-4-8-13-24/h3,5-6,9-10,15H,4,7-8,11-14,16H2,1-2H3,(H,25,30). The number of aromatic nitrogens is 1. The highest BCUT2D eigenvalue weighted by atomic mass is 16.2. The van der Waals surface area contributed by atoms with E-state index in [1.54, 1.807) is 0 Å². The summed E-state index contributed by atoms with van der Waals surface area (Å²) in [7, 11) is 0. The molecule has 2 fully saturated rings. The predicted molar refractivity (Wildman–Crippen MR) is 114 cm³/mol. The van der Waals surface area contributed by atoms with Gasteiger partial charge in [-0.3, -0.25) is 14.5 Å². The second-order valence-electron chi connectivity index (χ2n) is 8.56. The molecule has 1 aromatic carbocycles. The van der Waals surface area contributed by atoms with Crippen molar-refractivity contribution in [3.63, 3.8) is 0 Å². The summed E-state index contributed by atoms with van der Waals surface area (Å²) in [6.07, 6.45) is 5.14. The van der Waals surface area contributed by atoms with E-state index in [4.69, 9.17) is 0 Å². The number of carbonyl (C=O) groups excluding carboxylic acids is 3. The van der Waals surface area contributed by atoms with Crippen molar-refractivity contribution in [2.75, 3.05) is 6.54 Å². The Bertz CT molecular complexity index is 971. The molecule has 1 aliphatic heterocycles. The first-order chi connectivity index (χ1) is 14.4. The number of Topliss-reactive ketones (excluding diaryl/α,β-unsaturated/α-hetero) is 1. The van der Waals surface area contributed by atoms with Crippen LogP contribution in [0, 0.1) is 13.8 Å². The molecular weight excluding hydrogens is 378 g/mol. The lowest BCUT2D eigenvalue weighted by molar-refractivity contribution is -0.132. The lowest BCUT2D eigenvalue weighted by atomic mass is 9.82. The molecule has 4 rings (SSSR count). The van der Waals surface area contributed by atoms with Crippen molar-refractivity contribution in [1.29, 1.82) is 0 Å². The van der Waals surface area contributed by atoms with Gasteiger partial charge in [0.25, 0.3) is 5.91 Å². The summed E-state index contributed by atoms with van der Waals surface area (Å²) >= 11 is 0. The topological polar surface area (TPSA) is 71.4 Å². The van der Waals surface area contributed by atoms with Crippen LogP contribution in [0.2, 0.25) is 0 Å². The molecule has 0 radical (unpaired) electrons. The smallest absolute Gasteiger partial charge is 0.325 e. The number of aryl methyl sites for hydroxylation is 2. The van der Waals surface area contributed by atoms with Crippen LogP contribution in [0.1, 0.15) is 59.4 Å². The summed E-state index contributed by atoms with van der Waals surface area (Å²) in [5, 5.41) is 2.88. The number of benzene rings is 1. The van der Waals surface area contributed by atoms with Crippen LogP contribution in [0.3, 0.4) is 0 Å². The van der Waals surface area contributed by atoms with Gasteiger partial charge in [-0.15, -0.1) is 0 Å². The molecule has 158 valence electrons. The van der Waals surface area contributed by atoms with Crippen molar-refractivity contribution in [2.24, 2.45) is 0 Å². The maximum Gasteiger partial charge on any atom is 0.325 e. The quantitative estimate of drug-likeness (QED) is 0.585. The van der Waals surface area contributed by atoms with Crippen LogP contribution in [-0.4, -0.2) is 39.3 Å². The molecule has 1 saturated carbocycles. The third-order valence-electron chi connectivity index (χ3n) is 6.60. The van der Waals surface area contributed by atoms with Crippen LogP contribution in [-0.2, 0) is 17.8 Å². The van der Waals surface area contributed by atoms with E-state index in [0.717, 1.165) is 48.5 Å². The van der Waals surface area contributed by atoms with Gasteiger partial charge in [-0.1, -0.05) is 49.6 Å². The Kier molecular flexibility index (Phi) is 5.50. The molecule has 3 amide bonds. The van der Waals surface area contributed by atoms with E-state index in [-0.39, 0.29) is 18.2 Å². The molecule has 30 heavy (non-hydrogen) atoms. The highest BCUT2D eigenvalue weighted by Crippen LogP contribution is 2.33. The van der Waals surface area contributed by atoms with Crippen LogP contribution < -0.4 is 5.32 Å². The Morgan fingerprint density at radius 2 is 1.77 bits per heavy atom. The Morgan fingerprint density at radius 3 is 2.47 bits per heavy atom. The second kappa shape index (κ2) is 8.09.